The van der Waals surface area contributed by atoms with Crippen LogP contribution in [0.5, 0.6) is 0 Å². The van der Waals surface area contributed by atoms with Gasteiger partial charge in [0.2, 0.25) is 0 Å². The molecule has 2 saturated heterocycles. The Balaban J connectivity index is 1.52. The smallest absolute Gasteiger partial charge is 0.338 e. The molecule has 0 bridgehead atoms. The Morgan fingerprint density at radius 3 is 1.50 bits per heavy atom. The lowest BCUT2D eigenvalue weighted by Gasteiger charge is -2.03. The average molecular weight is 230 g/mol. The molecular weight excluding hydrogens is 216 g/mol. The molecule has 2 aliphatic rings. The molecule has 0 saturated carbocycles. The molecule has 0 aromatic rings. The topological polar surface area (TPSA) is 77.7 Å². The third kappa shape index (κ3) is 2.70. The van der Waals surface area contributed by atoms with Gasteiger partial charge >= 0.3 is 11.9 Å². The number of esters is 2. The van der Waals surface area contributed by atoms with Crippen molar-refractivity contribution in [1.82, 2.24) is 0 Å². The zero-order chi connectivity index (χ0) is 11.7. The van der Waals surface area contributed by atoms with Gasteiger partial charge in [0.1, 0.15) is 13.2 Å². The van der Waals surface area contributed by atoms with Crippen LogP contribution in [0.4, 0.5) is 0 Å². The highest BCUT2D eigenvalue weighted by Crippen LogP contribution is 2.23. The number of rotatable bonds is 5. The number of carbonyl (C=O) groups excluding carboxylic acids is 2. The van der Waals surface area contributed by atoms with Crippen molar-refractivity contribution in [3.05, 3.63) is 0 Å². The molecule has 0 aromatic heterocycles. The minimum atomic E-state index is -0.442. The van der Waals surface area contributed by atoms with Gasteiger partial charge in [0.15, 0.2) is 12.2 Å². The Bertz CT molecular complexity index is 272. The number of ether oxygens (including phenoxy) is 4. The SMILES string of the molecule is C[C@@H]1O[C@@H]1C(=O)OCCOC(=O)[C@@H]1O[C@H]1C. The van der Waals surface area contributed by atoms with E-state index in [-0.39, 0.29) is 25.4 Å². The van der Waals surface area contributed by atoms with E-state index in [1.54, 1.807) is 13.8 Å². The van der Waals surface area contributed by atoms with Crippen LogP contribution < -0.4 is 0 Å². The first-order valence-electron chi connectivity index (χ1n) is 5.24. The molecule has 0 N–H and O–H groups in total. The van der Waals surface area contributed by atoms with Gasteiger partial charge < -0.3 is 18.9 Å². The van der Waals surface area contributed by atoms with Gasteiger partial charge in [0, 0.05) is 0 Å². The van der Waals surface area contributed by atoms with Crippen molar-refractivity contribution in [2.75, 3.05) is 13.2 Å². The van der Waals surface area contributed by atoms with E-state index in [4.69, 9.17) is 18.9 Å². The van der Waals surface area contributed by atoms with Crippen LogP contribution in [-0.4, -0.2) is 49.6 Å². The maximum atomic E-state index is 11.1. The molecule has 90 valence electrons. The van der Waals surface area contributed by atoms with Crippen molar-refractivity contribution in [2.24, 2.45) is 0 Å². The van der Waals surface area contributed by atoms with Gasteiger partial charge in [-0.1, -0.05) is 0 Å². The first kappa shape index (κ1) is 11.3. The summed E-state index contributed by atoms with van der Waals surface area (Å²) in [4.78, 5) is 22.3. The maximum Gasteiger partial charge on any atom is 0.338 e. The largest absolute Gasteiger partial charge is 0.460 e. The number of hydrogen-bond acceptors (Lipinski definition) is 6. The summed E-state index contributed by atoms with van der Waals surface area (Å²) in [6, 6.07) is 0. The average Bonchev–Trinajstić information content (AvgIpc) is 3.11. The monoisotopic (exact) mass is 230 g/mol. The predicted octanol–water partition coefficient (Wildman–Crippen LogP) is -0.353. The highest BCUT2D eigenvalue weighted by molar-refractivity contribution is 5.78. The minimum Gasteiger partial charge on any atom is -0.460 e. The summed E-state index contributed by atoms with van der Waals surface area (Å²) in [6.45, 7) is 3.69. The zero-order valence-electron chi connectivity index (χ0n) is 9.17. The summed E-state index contributed by atoms with van der Waals surface area (Å²) in [5, 5.41) is 0. The summed E-state index contributed by atoms with van der Waals surface area (Å²) in [6.07, 6.45) is -1.00. The number of hydrogen-bond donors (Lipinski definition) is 0. The van der Waals surface area contributed by atoms with Crippen molar-refractivity contribution in [1.29, 1.82) is 0 Å². The maximum absolute atomic E-state index is 11.1. The lowest BCUT2D eigenvalue weighted by Crippen LogP contribution is -2.20. The quantitative estimate of drug-likeness (QED) is 0.365. The Morgan fingerprint density at radius 2 is 1.25 bits per heavy atom. The van der Waals surface area contributed by atoms with Gasteiger partial charge in [0.25, 0.3) is 0 Å². The highest BCUT2D eigenvalue weighted by atomic mass is 16.7. The third-order valence-corrected chi connectivity index (χ3v) is 2.46. The predicted molar refractivity (Wildman–Crippen MR) is 50.6 cm³/mol. The van der Waals surface area contributed by atoms with Crippen molar-refractivity contribution >= 4 is 11.9 Å². The molecule has 2 fully saturated rings. The molecule has 0 spiro atoms. The summed E-state index contributed by atoms with van der Waals surface area (Å²) in [7, 11) is 0. The molecule has 0 radical (unpaired) electrons. The summed E-state index contributed by atoms with van der Waals surface area (Å²) >= 11 is 0. The van der Waals surface area contributed by atoms with Crippen LogP contribution in [0.15, 0.2) is 0 Å². The second-order valence-electron chi connectivity index (χ2n) is 3.86. The second-order valence-corrected chi connectivity index (χ2v) is 3.86. The van der Waals surface area contributed by atoms with Crippen LogP contribution in [-0.2, 0) is 28.5 Å². The first-order valence-corrected chi connectivity index (χ1v) is 5.24. The standard InChI is InChI=1S/C10H14O6/c1-5-7(15-5)9(11)13-3-4-14-10(12)8-6(2)16-8/h5-8H,3-4H2,1-2H3/t5-,6-,7-,8+/m0/s1. The van der Waals surface area contributed by atoms with E-state index in [9.17, 15) is 9.59 Å². The summed E-state index contributed by atoms with van der Waals surface area (Å²) in [5.74, 6) is -0.806. The molecule has 2 aliphatic heterocycles. The molecule has 6 heteroatoms. The highest BCUT2D eigenvalue weighted by Gasteiger charge is 2.43. The van der Waals surface area contributed by atoms with Crippen LogP contribution in [0.2, 0.25) is 0 Å². The second kappa shape index (κ2) is 4.39. The fourth-order valence-corrected chi connectivity index (χ4v) is 1.31. The van der Waals surface area contributed by atoms with Crippen LogP contribution in [0, 0.1) is 0 Å². The molecule has 16 heavy (non-hydrogen) atoms. The van der Waals surface area contributed by atoms with Gasteiger partial charge in [0.05, 0.1) is 12.2 Å². The van der Waals surface area contributed by atoms with E-state index in [2.05, 4.69) is 0 Å². The van der Waals surface area contributed by atoms with E-state index in [0.29, 0.717) is 0 Å². The van der Waals surface area contributed by atoms with Crippen molar-refractivity contribution < 1.29 is 28.5 Å². The van der Waals surface area contributed by atoms with Crippen molar-refractivity contribution in [3.63, 3.8) is 0 Å². The Labute approximate surface area is 92.8 Å². The summed E-state index contributed by atoms with van der Waals surface area (Å²) in [5.41, 5.74) is 0. The molecule has 2 heterocycles. The summed E-state index contributed by atoms with van der Waals surface area (Å²) < 4.78 is 19.5. The first-order chi connectivity index (χ1) is 7.59. The van der Waals surface area contributed by atoms with Gasteiger partial charge in [-0.3, -0.25) is 0 Å². The molecule has 0 unspecified atom stereocenters. The van der Waals surface area contributed by atoms with Crippen LogP contribution in [0.3, 0.4) is 0 Å². The van der Waals surface area contributed by atoms with E-state index in [1.807, 2.05) is 0 Å². The minimum absolute atomic E-state index is 0.0538. The van der Waals surface area contributed by atoms with Gasteiger partial charge in [-0.25, -0.2) is 9.59 Å². The van der Waals surface area contributed by atoms with Gasteiger partial charge in [-0.2, -0.15) is 0 Å². The molecule has 0 amide bonds. The molecule has 0 aliphatic carbocycles. The van der Waals surface area contributed by atoms with Crippen LogP contribution >= 0.6 is 0 Å². The van der Waals surface area contributed by atoms with Gasteiger partial charge in [-0.05, 0) is 13.8 Å². The number of carbonyl (C=O) groups is 2. The van der Waals surface area contributed by atoms with Crippen molar-refractivity contribution in [2.45, 2.75) is 38.3 Å². The van der Waals surface area contributed by atoms with Crippen LogP contribution in [0.1, 0.15) is 13.8 Å². The Morgan fingerprint density at radius 1 is 0.938 bits per heavy atom. The van der Waals surface area contributed by atoms with Crippen molar-refractivity contribution in [3.8, 4) is 0 Å². The van der Waals surface area contributed by atoms with E-state index in [0.717, 1.165) is 0 Å². The van der Waals surface area contributed by atoms with Gasteiger partial charge in [-0.15, -0.1) is 0 Å². The Hall–Kier alpha value is -1.14. The van der Waals surface area contributed by atoms with Crippen LogP contribution in [0.25, 0.3) is 0 Å². The normalized spacial score (nSPS) is 35.4. The van der Waals surface area contributed by atoms with E-state index in [1.165, 1.54) is 0 Å². The molecule has 4 atom stereocenters. The van der Waals surface area contributed by atoms with E-state index < -0.39 is 24.1 Å². The lowest BCUT2D eigenvalue weighted by atomic mass is 10.3. The fourth-order valence-electron chi connectivity index (χ4n) is 1.31. The molecule has 0 aromatic carbocycles. The Kier molecular flexibility index (Phi) is 3.11. The number of epoxide rings is 2. The zero-order valence-corrected chi connectivity index (χ0v) is 9.17. The lowest BCUT2D eigenvalue weighted by molar-refractivity contribution is -0.153. The van der Waals surface area contributed by atoms with E-state index >= 15 is 0 Å². The molecular formula is C10H14O6. The molecule has 2 rings (SSSR count). The third-order valence-electron chi connectivity index (χ3n) is 2.46. The fraction of sp³-hybridized carbons (Fsp3) is 0.800. The molecule has 6 nitrogen and oxygen atoms in total.